The van der Waals surface area contributed by atoms with E-state index in [2.05, 4.69) is 30.1 Å². The van der Waals surface area contributed by atoms with Crippen molar-refractivity contribution in [3.63, 3.8) is 0 Å². The van der Waals surface area contributed by atoms with E-state index in [1.54, 1.807) is 12.1 Å². The van der Waals surface area contributed by atoms with Gasteiger partial charge in [0.25, 0.3) is 0 Å². The number of aliphatic hydroxyl groups is 1. The van der Waals surface area contributed by atoms with Crippen molar-refractivity contribution in [2.24, 2.45) is 0 Å². The first-order valence-corrected chi connectivity index (χ1v) is 5.73. The van der Waals surface area contributed by atoms with Crippen molar-refractivity contribution >= 4 is 31.2 Å². The fourth-order valence-electron chi connectivity index (χ4n) is 0.799. The molecule has 0 amide bonds. The van der Waals surface area contributed by atoms with Crippen LogP contribution in [0.5, 0.6) is 0 Å². The summed E-state index contributed by atoms with van der Waals surface area (Å²) < 4.78 is 0. The minimum Gasteiger partial charge on any atom is -0.392 e. The normalized spacial score (nSPS) is 9.00. The van der Waals surface area contributed by atoms with Crippen molar-refractivity contribution in [3.05, 3.63) is 35.4 Å². The molecule has 0 saturated heterocycles. The zero-order chi connectivity index (χ0) is 12.4. The first-order valence-electron chi connectivity index (χ1n) is 4.46. The van der Waals surface area contributed by atoms with Gasteiger partial charge in [-0.15, -0.1) is 0 Å². The van der Waals surface area contributed by atoms with Crippen molar-refractivity contribution in [1.82, 2.24) is 0 Å². The highest BCUT2D eigenvalue weighted by atomic mass is 32.1. The van der Waals surface area contributed by atoms with Crippen LogP contribution in [0.2, 0.25) is 0 Å². The van der Waals surface area contributed by atoms with E-state index in [-0.39, 0.29) is 12.2 Å². The lowest BCUT2D eigenvalue weighted by Crippen LogP contribution is -2.01. The second kappa shape index (κ2) is 9.53. The third-order valence-electron chi connectivity index (χ3n) is 1.56. The highest BCUT2D eigenvalue weighted by Gasteiger charge is 2.04. The lowest BCUT2D eigenvalue weighted by atomic mass is 10.1. The van der Waals surface area contributed by atoms with E-state index in [0.717, 1.165) is 11.5 Å². The third kappa shape index (κ3) is 6.02. The average Bonchev–Trinajstić information content (AvgIpc) is 2.38. The maximum absolute atomic E-state index is 10.7. The van der Waals surface area contributed by atoms with Gasteiger partial charge in [0.1, 0.15) is 0 Å². The Morgan fingerprint density at radius 3 is 2.00 bits per heavy atom. The largest absolute Gasteiger partial charge is 0.392 e. The summed E-state index contributed by atoms with van der Waals surface area (Å²) >= 11 is 7.69. The molecule has 0 aromatic heterocycles. The van der Waals surface area contributed by atoms with E-state index < -0.39 is 5.97 Å². The Bertz CT molecular complexity index is 298. The van der Waals surface area contributed by atoms with Gasteiger partial charge in [0.2, 0.25) is 0 Å². The van der Waals surface area contributed by atoms with Crippen LogP contribution in [-0.2, 0) is 11.5 Å². The number of hydrogen-bond donors (Lipinski definition) is 4. The predicted molar refractivity (Wildman–Crippen MR) is 68.1 cm³/mol. The first kappa shape index (κ1) is 15.3. The Morgan fingerprint density at radius 2 is 1.69 bits per heavy atom. The van der Waals surface area contributed by atoms with E-state index in [1.165, 1.54) is 12.1 Å². The Kier molecular flexibility index (Phi) is 9.12. The van der Waals surface area contributed by atoms with Gasteiger partial charge in [-0.2, -0.15) is 30.5 Å². The molecule has 0 heterocycles. The van der Waals surface area contributed by atoms with E-state index in [0.29, 0.717) is 5.56 Å². The number of carbonyl (C=O) groups is 1. The van der Waals surface area contributed by atoms with E-state index in [4.69, 9.17) is 10.4 Å². The van der Waals surface area contributed by atoms with Crippen molar-refractivity contribution < 1.29 is 20.0 Å². The summed E-state index contributed by atoms with van der Waals surface area (Å²) in [5.74, 6) is 0.950. The maximum atomic E-state index is 10.7. The van der Waals surface area contributed by atoms with E-state index >= 15 is 0 Å². The highest BCUT2D eigenvalue weighted by Crippen LogP contribution is 2.04. The zero-order valence-electron chi connectivity index (χ0n) is 8.54. The summed E-state index contributed by atoms with van der Waals surface area (Å²) in [5.41, 5.74) is 0.944. The summed E-state index contributed by atoms with van der Waals surface area (Å²) in [4.78, 5) is 14.2. The summed E-state index contributed by atoms with van der Waals surface area (Å²) in [6.07, 6.45) is 0. The molecule has 0 saturated carbocycles. The van der Waals surface area contributed by atoms with Gasteiger partial charge in [-0.1, -0.05) is 12.1 Å². The minimum atomic E-state index is -0.806. The molecule has 0 aliphatic heterocycles. The van der Waals surface area contributed by atoms with Gasteiger partial charge in [0, 0.05) is 0 Å². The molecule has 6 heteroatoms. The maximum Gasteiger partial charge on any atom is 0.372 e. The standard InChI is InChI=1S/C8H8O4.C2H6S2/c9-5-6-1-3-7(4-2-6)8(10)12-11;3-1-2-4/h1-4,9,11H,5H2;3-4H,1-2H2. The summed E-state index contributed by atoms with van der Waals surface area (Å²) in [6, 6.07) is 6.08. The molecule has 1 aromatic rings. The molecule has 0 aliphatic rings. The van der Waals surface area contributed by atoms with Crippen LogP contribution in [0.15, 0.2) is 24.3 Å². The van der Waals surface area contributed by atoms with Crippen LogP contribution in [0.1, 0.15) is 15.9 Å². The van der Waals surface area contributed by atoms with Gasteiger partial charge in [-0.3, -0.25) is 4.89 Å². The molecule has 2 N–H and O–H groups in total. The second-order valence-electron chi connectivity index (χ2n) is 2.68. The fourth-order valence-corrected chi connectivity index (χ4v) is 0.799. The van der Waals surface area contributed by atoms with E-state index in [9.17, 15) is 4.79 Å². The lowest BCUT2D eigenvalue weighted by molar-refractivity contribution is -0.182. The molecule has 0 fully saturated rings. The Labute approximate surface area is 105 Å². The fraction of sp³-hybridized carbons (Fsp3) is 0.300. The van der Waals surface area contributed by atoms with Crippen molar-refractivity contribution in [2.45, 2.75) is 6.61 Å². The van der Waals surface area contributed by atoms with Crippen LogP contribution in [0.3, 0.4) is 0 Å². The van der Waals surface area contributed by atoms with Gasteiger partial charge in [0.05, 0.1) is 12.2 Å². The lowest BCUT2D eigenvalue weighted by Gasteiger charge is -1.97. The molecule has 4 nitrogen and oxygen atoms in total. The van der Waals surface area contributed by atoms with Crippen LogP contribution in [0, 0.1) is 0 Å². The second-order valence-corrected chi connectivity index (χ2v) is 3.58. The molecule has 0 radical (unpaired) electrons. The topological polar surface area (TPSA) is 66.8 Å². The summed E-state index contributed by atoms with van der Waals surface area (Å²) in [7, 11) is 0. The number of aliphatic hydroxyl groups excluding tert-OH is 1. The van der Waals surface area contributed by atoms with Crippen LogP contribution in [-0.4, -0.2) is 27.8 Å². The monoisotopic (exact) mass is 262 g/mol. The van der Waals surface area contributed by atoms with Crippen molar-refractivity contribution in [3.8, 4) is 0 Å². The average molecular weight is 262 g/mol. The Balaban J connectivity index is 0.000000487. The molecule has 1 aromatic carbocycles. The number of hydrogen-bond acceptors (Lipinski definition) is 6. The van der Waals surface area contributed by atoms with Crippen LogP contribution in [0.4, 0.5) is 0 Å². The van der Waals surface area contributed by atoms with Crippen molar-refractivity contribution in [1.29, 1.82) is 0 Å². The Morgan fingerprint density at radius 1 is 1.19 bits per heavy atom. The molecule has 0 unspecified atom stereocenters. The summed E-state index contributed by atoms with van der Waals surface area (Å²) in [6.45, 7) is -0.0749. The van der Waals surface area contributed by atoms with Gasteiger partial charge in [-0.05, 0) is 29.2 Å². The van der Waals surface area contributed by atoms with Crippen molar-refractivity contribution in [2.75, 3.05) is 11.5 Å². The minimum absolute atomic E-state index is 0.0749. The van der Waals surface area contributed by atoms with Gasteiger partial charge < -0.3 is 5.11 Å². The molecule has 0 aliphatic carbocycles. The van der Waals surface area contributed by atoms with Crippen LogP contribution < -0.4 is 0 Å². The molecular formula is C10H14O4S2. The number of thiol groups is 2. The number of rotatable bonds is 3. The predicted octanol–water partition coefficient (Wildman–Crippen LogP) is 1.65. The van der Waals surface area contributed by atoms with Gasteiger partial charge in [-0.25, -0.2) is 4.79 Å². The molecule has 16 heavy (non-hydrogen) atoms. The van der Waals surface area contributed by atoms with Crippen LogP contribution in [0.25, 0.3) is 0 Å². The smallest absolute Gasteiger partial charge is 0.372 e. The Hall–Kier alpha value is -0.690. The molecular weight excluding hydrogens is 248 g/mol. The summed E-state index contributed by atoms with van der Waals surface area (Å²) in [5, 5.41) is 16.7. The third-order valence-corrected chi connectivity index (χ3v) is 2.36. The molecule has 0 spiro atoms. The molecule has 90 valence electrons. The zero-order valence-corrected chi connectivity index (χ0v) is 10.3. The van der Waals surface area contributed by atoms with E-state index in [1.807, 2.05) is 0 Å². The van der Waals surface area contributed by atoms with Gasteiger partial charge in [0.15, 0.2) is 0 Å². The number of carbonyl (C=O) groups excluding carboxylic acids is 1. The molecule has 1 rings (SSSR count). The number of benzene rings is 1. The molecule has 0 bridgehead atoms. The van der Waals surface area contributed by atoms with Crippen LogP contribution >= 0.6 is 25.3 Å². The highest BCUT2D eigenvalue weighted by molar-refractivity contribution is 7.84. The molecule has 0 atom stereocenters. The van der Waals surface area contributed by atoms with Gasteiger partial charge >= 0.3 is 5.97 Å². The first-order chi connectivity index (χ1) is 7.69. The SMILES string of the molecule is O=C(OO)c1ccc(CO)cc1.SCCS. The quantitative estimate of drug-likeness (QED) is 0.380.